The van der Waals surface area contributed by atoms with E-state index in [-0.39, 0.29) is 11.8 Å². The van der Waals surface area contributed by atoms with E-state index in [0.717, 1.165) is 62.3 Å². The fourth-order valence-corrected chi connectivity index (χ4v) is 3.60. The molecule has 6 heteroatoms. The van der Waals surface area contributed by atoms with E-state index in [1.807, 2.05) is 12.1 Å². The molecule has 25 heavy (non-hydrogen) atoms. The predicted octanol–water partition coefficient (Wildman–Crippen LogP) is 2.18. The van der Waals surface area contributed by atoms with E-state index in [0.29, 0.717) is 12.6 Å². The molecule has 134 valence electrons. The van der Waals surface area contributed by atoms with Crippen LogP contribution in [-0.2, 0) is 16.1 Å². The van der Waals surface area contributed by atoms with Crippen molar-refractivity contribution in [1.29, 1.82) is 0 Å². The molecule has 6 nitrogen and oxygen atoms in total. The molecule has 1 aliphatic heterocycles. The summed E-state index contributed by atoms with van der Waals surface area (Å²) in [6.07, 6.45) is 4.08. The molecule has 1 N–H and O–H groups in total. The number of amides is 1. The highest BCUT2D eigenvalue weighted by atomic mass is 16.5. The molecular formula is C19H26N4O2. The summed E-state index contributed by atoms with van der Waals surface area (Å²) >= 11 is 0. The maximum absolute atomic E-state index is 12.3. The standard InChI is InChI=1S/C19H26N4O2/c1-25-13-12-23-17-5-3-2-4-16(17)21-19(23)22-10-8-14(9-11-22)18(24)20-15-6-7-15/h2-5,14-15H,6-13H2,1H3,(H,20,24). The molecule has 1 amide bonds. The van der Waals surface area contributed by atoms with Crippen LogP contribution in [0.1, 0.15) is 25.7 Å². The third-order valence-corrected chi connectivity index (χ3v) is 5.23. The third kappa shape index (κ3) is 3.49. The lowest BCUT2D eigenvalue weighted by Crippen LogP contribution is -2.42. The Morgan fingerprint density at radius 1 is 1.24 bits per heavy atom. The Balaban J connectivity index is 1.49. The number of piperidine rings is 1. The van der Waals surface area contributed by atoms with Gasteiger partial charge in [0.2, 0.25) is 11.9 Å². The molecule has 1 aromatic carbocycles. The zero-order valence-corrected chi connectivity index (χ0v) is 14.8. The molecule has 0 radical (unpaired) electrons. The smallest absolute Gasteiger partial charge is 0.223 e. The maximum Gasteiger partial charge on any atom is 0.223 e. The number of para-hydroxylation sites is 2. The fraction of sp³-hybridized carbons (Fsp3) is 0.579. The molecular weight excluding hydrogens is 316 g/mol. The first-order chi connectivity index (χ1) is 12.3. The number of aromatic nitrogens is 2. The Morgan fingerprint density at radius 3 is 2.72 bits per heavy atom. The van der Waals surface area contributed by atoms with Crippen LogP contribution in [0.15, 0.2) is 24.3 Å². The molecule has 0 spiro atoms. The first-order valence-corrected chi connectivity index (χ1v) is 9.26. The van der Waals surface area contributed by atoms with Crippen molar-refractivity contribution in [1.82, 2.24) is 14.9 Å². The number of nitrogens with one attached hydrogen (secondary N) is 1. The second-order valence-electron chi connectivity index (χ2n) is 7.09. The van der Waals surface area contributed by atoms with Crippen molar-refractivity contribution in [2.24, 2.45) is 5.92 Å². The first kappa shape index (κ1) is 16.4. The maximum atomic E-state index is 12.3. The van der Waals surface area contributed by atoms with Gasteiger partial charge in [-0.25, -0.2) is 4.98 Å². The van der Waals surface area contributed by atoms with Crippen LogP contribution < -0.4 is 10.2 Å². The van der Waals surface area contributed by atoms with Gasteiger partial charge >= 0.3 is 0 Å². The van der Waals surface area contributed by atoms with Gasteiger partial charge in [-0.3, -0.25) is 4.79 Å². The van der Waals surface area contributed by atoms with Gasteiger partial charge in [-0.15, -0.1) is 0 Å². The van der Waals surface area contributed by atoms with Crippen molar-refractivity contribution in [3.63, 3.8) is 0 Å². The van der Waals surface area contributed by atoms with Crippen LogP contribution in [0.2, 0.25) is 0 Å². The van der Waals surface area contributed by atoms with E-state index < -0.39 is 0 Å². The molecule has 1 aromatic heterocycles. The summed E-state index contributed by atoms with van der Waals surface area (Å²) in [5.74, 6) is 1.39. The zero-order chi connectivity index (χ0) is 17.2. The number of carbonyl (C=O) groups excluding carboxylic acids is 1. The molecule has 0 atom stereocenters. The van der Waals surface area contributed by atoms with E-state index >= 15 is 0 Å². The van der Waals surface area contributed by atoms with Crippen molar-refractivity contribution in [2.45, 2.75) is 38.3 Å². The minimum atomic E-state index is 0.147. The zero-order valence-electron chi connectivity index (χ0n) is 14.8. The fourth-order valence-electron chi connectivity index (χ4n) is 3.60. The molecule has 0 bridgehead atoms. The van der Waals surface area contributed by atoms with Gasteiger partial charge in [0, 0.05) is 38.7 Å². The Kier molecular flexibility index (Phi) is 4.61. The third-order valence-electron chi connectivity index (χ3n) is 5.23. The van der Waals surface area contributed by atoms with Gasteiger partial charge in [0.15, 0.2) is 0 Å². The molecule has 1 saturated heterocycles. The van der Waals surface area contributed by atoms with E-state index in [1.165, 1.54) is 0 Å². The molecule has 1 aliphatic carbocycles. The summed E-state index contributed by atoms with van der Waals surface area (Å²) < 4.78 is 7.52. The van der Waals surface area contributed by atoms with E-state index in [1.54, 1.807) is 7.11 Å². The molecule has 1 saturated carbocycles. The van der Waals surface area contributed by atoms with Gasteiger partial charge in [0.25, 0.3) is 0 Å². The van der Waals surface area contributed by atoms with Gasteiger partial charge in [-0.2, -0.15) is 0 Å². The lowest BCUT2D eigenvalue weighted by molar-refractivity contribution is -0.125. The van der Waals surface area contributed by atoms with E-state index in [2.05, 4.69) is 26.9 Å². The number of ether oxygens (including phenoxy) is 1. The summed E-state index contributed by atoms with van der Waals surface area (Å²) in [6, 6.07) is 8.68. The van der Waals surface area contributed by atoms with Crippen LogP contribution >= 0.6 is 0 Å². The molecule has 2 heterocycles. The largest absolute Gasteiger partial charge is 0.383 e. The SMILES string of the molecule is COCCn1c(N2CCC(C(=O)NC3CC3)CC2)nc2ccccc21. The van der Waals surface area contributed by atoms with Crippen molar-refractivity contribution >= 4 is 22.9 Å². The number of fused-ring (bicyclic) bond motifs is 1. The number of nitrogens with zero attached hydrogens (tertiary/aromatic N) is 3. The Labute approximate surface area is 148 Å². The number of hydrogen-bond donors (Lipinski definition) is 1. The van der Waals surface area contributed by atoms with Gasteiger partial charge in [0.1, 0.15) is 0 Å². The van der Waals surface area contributed by atoms with Gasteiger partial charge in [-0.1, -0.05) is 12.1 Å². The van der Waals surface area contributed by atoms with Crippen molar-refractivity contribution in [2.75, 3.05) is 31.7 Å². The van der Waals surface area contributed by atoms with Crippen molar-refractivity contribution < 1.29 is 9.53 Å². The van der Waals surface area contributed by atoms with Crippen molar-refractivity contribution in [3.8, 4) is 0 Å². The number of rotatable bonds is 6. The normalized spacial score (nSPS) is 18.7. The second-order valence-corrected chi connectivity index (χ2v) is 7.09. The topological polar surface area (TPSA) is 59.4 Å². The number of hydrogen-bond acceptors (Lipinski definition) is 4. The first-order valence-electron chi connectivity index (χ1n) is 9.26. The molecule has 2 aliphatic rings. The Morgan fingerprint density at radius 2 is 2.00 bits per heavy atom. The second kappa shape index (κ2) is 7.04. The van der Waals surface area contributed by atoms with E-state index in [4.69, 9.17) is 9.72 Å². The van der Waals surface area contributed by atoms with Crippen LogP contribution in [0.4, 0.5) is 5.95 Å². The van der Waals surface area contributed by atoms with Crippen LogP contribution in [-0.4, -0.2) is 48.3 Å². The highest BCUT2D eigenvalue weighted by molar-refractivity contribution is 5.80. The average Bonchev–Trinajstić information content (AvgIpc) is 3.38. The molecule has 0 unspecified atom stereocenters. The van der Waals surface area contributed by atoms with E-state index in [9.17, 15) is 4.79 Å². The monoisotopic (exact) mass is 342 g/mol. The van der Waals surface area contributed by atoms with Crippen LogP contribution in [0, 0.1) is 5.92 Å². The van der Waals surface area contributed by atoms with Crippen LogP contribution in [0.25, 0.3) is 11.0 Å². The lowest BCUT2D eigenvalue weighted by atomic mass is 9.96. The summed E-state index contributed by atoms with van der Waals surface area (Å²) in [5, 5.41) is 3.14. The Bertz CT molecular complexity index is 745. The predicted molar refractivity (Wildman–Crippen MR) is 97.7 cm³/mol. The van der Waals surface area contributed by atoms with Crippen LogP contribution in [0.3, 0.4) is 0 Å². The number of anilines is 1. The summed E-state index contributed by atoms with van der Waals surface area (Å²) in [4.78, 5) is 19.4. The number of carbonyl (C=O) groups is 1. The number of methoxy groups -OCH3 is 1. The molecule has 2 fully saturated rings. The minimum Gasteiger partial charge on any atom is -0.383 e. The molecule has 4 rings (SSSR count). The van der Waals surface area contributed by atoms with Gasteiger partial charge in [-0.05, 0) is 37.8 Å². The summed E-state index contributed by atoms with van der Waals surface area (Å²) in [5.41, 5.74) is 2.16. The highest BCUT2D eigenvalue weighted by Crippen LogP contribution is 2.28. The summed E-state index contributed by atoms with van der Waals surface area (Å²) in [7, 11) is 1.72. The minimum absolute atomic E-state index is 0.147. The molecule has 2 aromatic rings. The highest BCUT2D eigenvalue weighted by Gasteiger charge is 2.31. The average molecular weight is 342 g/mol. The lowest BCUT2D eigenvalue weighted by Gasteiger charge is -2.32. The number of benzene rings is 1. The van der Waals surface area contributed by atoms with Crippen molar-refractivity contribution in [3.05, 3.63) is 24.3 Å². The van der Waals surface area contributed by atoms with Crippen LogP contribution in [0.5, 0.6) is 0 Å². The quantitative estimate of drug-likeness (QED) is 0.874. The van der Waals surface area contributed by atoms with Gasteiger partial charge in [0.05, 0.1) is 17.6 Å². The summed E-state index contributed by atoms with van der Waals surface area (Å²) in [6.45, 7) is 3.19. The van der Waals surface area contributed by atoms with Gasteiger partial charge < -0.3 is 19.5 Å². The Hall–Kier alpha value is -2.08. The number of imidazole rings is 1.